The van der Waals surface area contributed by atoms with E-state index in [1.807, 2.05) is 0 Å². The summed E-state index contributed by atoms with van der Waals surface area (Å²) in [5.74, 6) is -1.27. The smallest absolute Gasteiger partial charge is 0.328 e. The van der Waals surface area contributed by atoms with E-state index in [4.69, 9.17) is 5.11 Å². The second-order valence-corrected chi connectivity index (χ2v) is 4.67. The third-order valence-electron chi connectivity index (χ3n) is 3.45. The molecule has 94 valence electrons. The molecule has 2 saturated heterocycles. The normalized spacial score (nSPS) is 22.7. The number of amides is 1. The number of hydrogen-bond donors (Lipinski definition) is 1. The maximum atomic E-state index is 11.5. The fourth-order valence-electron chi connectivity index (χ4n) is 2.40. The predicted octanol–water partition coefficient (Wildman–Crippen LogP) is 0.324. The van der Waals surface area contributed by atoms with E-state index in [2.05, 4.69) is 4.90 Å². The summed E-state index contributed by atoms with van der Waals surface area (Å²) in [6.07, 6.45) is 5.85. The molecular formula is C12H18N2O3. The number of likely N-dealkylation sites (tertiary alicyclic amines) is 2. The summed E-state index contributed by atoms with van der Waals surface area (Å²) >= 11 is 0. The Morgan fingerprint density at radius 3 is 2.29 bits per heavy atom. The molecule has 5 nitrogen and oxygen atoms in total. The van der Waals surface area contributed by atoms with Gasteiger partial charge in [-0.25, -0.2) is 4.79 Å². The maximum absolute atomic E-state index is 11.5. The first-order valence-electron chi connectivity index (χ1n) is 6.11. The molecule has 0 bridgehead atoms. The van der Waals surface area contributed by atoms with Gasteiger partial charge in [-0.05, 0) is 25.9 Å². The van der Waals surface area contributed by atoms with Crippen molar-refractivity contribution >= 4 is 11.9 Å². The molecule has 0 aromatic heterocycles. The highest BCUT2D eigenvalue weighted by Gasteiger charge is 2.34. The molecule has 2 aliphatic rings. The van der Waals surface area contributed by atoms with Crippen LogP contribution < -0.4 is 0 Å². The first-order chi connectivity index (χ1) is 8.16. The van der Waals surface area contributed by atoms with Gasteiger partial charge in [0.25, 0.3) is 0 Å². The van der Waals surface area contributed by atoms with E-state index in [9.17, 15) is 9.59 Å². The quantitative estimate of drug-likeness (QED) is 0.719. The molecule has 2 aliphatic heterocycles. The van der Waals surface area contributed by atoms with Crippen LogP contribution in [0.2, 0.25) is 0 Å². The van der Waals surface area contributed by atoms with Crippen molar-refractivity contribution in [3.63, 3.8) is 0 Å². The monoisotopic (exact) mass is 238 g/mol. The van der Waals surface area contributed by atoms with E-state index < -0.39 is 5.97 Å². The van der Waals surface area contributed by atoms with Gasteiger partial charge in [-0.3, -0.25) is 9.69 Å². The Morgan fingerprint density at radius 1 is 1.06 bits per heavy atom. The lowest BCUT2D eigenvalue weighted by Gasteiger charge is -2.46. The number of rotatable bonds is 3. The summed E-state index contributed by atoms with van der Waals surface area (Å²) in [6.45, 7) is 3.75. The molecule has 0 saturated carbocycles. The van der Waals surface area contributed by atoms with E-state index in [0.29, 0.717) is 6.04 Å². The van der Waals surface area contributed by atoms with Crippen LogP contribution in [0.15, 0.2) is 12.2 Å². The largest absolute Gasteiger partial charge is 0.478 e. The molecule has 2 fully saturated rings. The van der Waals surface area contributed by atoms with Gasteiger partial charge >= 0.3 is 5.97 Å². The topological polar surface area (TPSA) is 60.9 Å². The van der Waals surface area contributed by atoms with Crippen molar-refractivity contribution in [2.75, 3.05) is 26.2 Å². The van der Waals surface area contributed by atoms with Gasteiger partial charge < -0.3 is 10.0 Å². The van der Waals surface area contributed by atoms with E-state index >= 15 is 0 Å². The van der Waals surface area contributed by atoms with Crippen molar-refractivity contribution in [3.05, 3.63) is 12.2 Å². The molecule has 0 unspecified atom stereocenters. The molecule has 0 spiro atoms. The van der Waals surface area contributed by atoms with Crippen LogP contribution in [0.4, 0.5) is 0 Å². The lowest BCUT2D eigenvalue weighted by Crippen LogP contribution is -2.61. The Morgan fingerprint density at radius 2 is 1.71 bits per heavy atom. The van der Waals surface area contributed by atoms with Gasteiger partial charge in [0, 0.05) is 31.3 Å². The third-order valence-corrected chi connectivity index (χ3v) is 3.45. The third kappa shape index (κ3) is 3.06. The Kier molecular flexibility index (Phi) is 3.78. The number of carboxylic acid groups (broad SMARTS) is 1. The lowest BCUT2D eigenvalue weighted by atomic mass is 10.0. The highest BCUT2D eigenvalue weighted by molar-refractivity contribution is 5.94. The minimum atomic E-state index is -1.08. The summed E-state index contributed by atoms with van der Waals surface area (Å²) in [7, 11) is 0. The lowest BCUT2D eigenvalue weighted by molar-refractivity contribution is -0.135. The van der Waals surface area contributed by atoms with Gasteiger partial charge in [0.2, 0.25) is 5.91 Å². The molecule has 0 radical (unpaired) electrons. The Labute approximate surface area is 101 Å². The van der Waals surface area contributed by atoms with Crippen molar-refractivity contribution in [2.45, 2.75) is 25.3 Å². The summed E-state index contributed by atoms with van der Waals surface area (Å²) < 4.78 is 0. The SMILES string of the molecule is O=C(O)C=CC(=O)N1CC(N2CCCCC2)C1. The van der Waals surface area contributed by atoms with Crippen molar-refractivity contribution in [3.8, 4) is 0 Å². The van der Waals surface area contributed by atoms with Crippen LogP contribution in [0, 0.1) is 0 Å². The van der Waals surface area contributed by atoms with E-state index in [1.165, 1.54) is 19.3 Å². The fourth-order valence-corrected chi connectivity index (χ4v) is 2.40. The molecular weight excluding hydrogens is 220 g/mol. The van der Waals surface area contributed by atoms with Gasteiger partial charge in [0.1, 0.15) is 0 Å². The number of nitrogens with zero attached hydrogens (tertiary/aromatic N) is 2. The van der Waals surface area contributed by atoms with Crippen LogP contribution >= 0.6 is 0 Å². The molecule has 1 N–H and O–H groups in total. The van der Waals surface area contributed by atoms with Gasteiger partial charge in [-0.1, -0.05) is 6.42 Å². The number of hydrogen-bond acceptors (Lipinski definition) is 3. The summed E-state index contributed by atoms with van der Waals surface area (Å²) in [4.78, 5) is 25.9. The zero-order valence-electron chi connectivity index (χ0n) is 9.84. The van der Waals surface area contributed by atoms with Crippen LogP contribution in [0.1, 0.15) is 19.3 Å². The predicted molar refractivity (Wildman–Crippen MR) is 62.6 cm³/mol. The minimum Gasteiger partial charge on any atom is -0.478 e. The van der Waals surface area contributed by atoms with Crippen molar-refractivity contribution in [1.82, 2.24) is 9.80 Å². The fraction of sp³-hybridized carbons (Fsp3) is 0.667. The van der Waals surface area contributed by atoms with E-state index in [0.717, 1.165) is 38.3 Å². The molecule has 5 heteroatoms. The van der Waals surface area contributed by atoms with Gasteiger partial charge in [0.15, 0.2) is 0 Å². The van der Waals surface area contributed by atoms with Crippen LogP contribution in [0.3, 0.4) is 0 Å². The molecule has 2 heterocycles. The molecule has 0 aliphatic carbocycles. The van der Waals surface area contributed by atoms with Gasteiger partial charge in [0.05, 0.1) is 0 Å². The Bertz CT molecular complexity index is 329. The summed E-state index contributed by atoms with van der Waals surface area (Å²) in [6, 6.07) is 0.484. The maximum Gasteiger partial charge on any atom is 0.328 e. The highest BCUT2D eigenvalue weighted by Crippen LogP contribution is 2.19. The highest BCUT2D eigenvalue weighted by atomic mass is 16.4. The Balaban J connectivity index is 1.74. The zero-order chi connectivity index (χ0) is 12.3. The van der Waals surface area contributed by atoms with Gasteiger partial charge in [-0.2, -0.15) is 0 Å². The minimum absolute atomic E-state index is 0.194. The number of carbonyl (C=O) groups excluding carboxylic acids is 1. The molecule has 0 aromatic carbocycles. The van der Waals surface area contributed by atoms with Crippen LogP contribution in [-0.4, -0.2) is 59.0 Å². The van der Waals surface area contributed by atoms with Crippen LogP contribution in [0.5, 0.6) is 0 Å². The van der Waals surface area contributed by atoms with Crippen molar-refractivity contribution < 1.29 is 14.7 Å². The summed E-state index contributed by atoms with van der Waals surface area (Å²) in [5.41, 5.74) is 0. The second-order valence-electron chi connectivity index (χ2n) is 4.67. The summed E-state index contributed by atoms with van der Waals surface area (Å²) in [5, 5.41) is 8.42. The average Bonchev–Trinajstić information content (AvgIpc) is 2.26. The molecule has 0 aromatic rings. The van der Waals surface area contributed by atoms with Crippen LogP contribution in [-0.2, 0) is 9.59 Å². The number of aliphatic carboxylic acids is 1. The number of carboxylic acids is 1. The molecule has 1 amide bonds. The second kappa shape index (κ2) is 5.31. The average molecular weight is 238 g/mol. The number of carbonyl (C=O) groups is 2. The standard InChI is InChI=1S/C12H18N2O3/c15-11(4-5-12(16)17)14-8-10(9-14)13-6-2-1-3-7-13/h4-5,10H,1-3,6-9H2,(H,16,17). The van der Waals surface area contributed by atoms with E-state index in [-0.39, 0.29) is 5.91 Å². The first-order valence-corrected chi connectivity index (χ1v) is 6.11. The number of piperidine rings is 1. The molecule has 17 heavy (non-hydrogen) atoms. The van der Waals surface area contributed by atoms with Crippen molar-refractivity contribution in [2.24, 2.45) is 0 Å². The molecule has 0 atom stereocenters. The molecule has 2 rings (SSSR count). The first kappa shape index (κ1) is 12.1. The Hall–Kier alpha value is -1.36. The van der Waals surface area contributed by atoms with E-state index in [1.54, 1.807) is 4.90 Å². The van der Waals surface area contributed by atoms with Crippen molar-refractivity contribution in [1.29, 1.82) is 0 Å². The zero-order valence-corrected chi connectivity index (χ0v) is 9.84. The van der Waals surface area contributed by atoms with Crippen LogP contribution in [0.25, 0.3) is 0 Å². The van der Waals surface area contributed by atoms with Gasteiger partial charge in [-0.15, -0.1) is 0 Å².